The first-order valence-electron chi connectivity index (χ1n) is 33.4. The van der Waals surface area contributed by atoms with Crippen molar-refractivity contribution >= 4 is 29.8 Å². The van der Waals surface area contributed by atoms with Gasteiger partial charge in [-0.2, -0.15) is 0 Å². The molecule has 0 amide bonds. The summed E-state index contributed by atoms with van der Waals surface area (Å²) in [6.45, 7) is 31.3. The highest BCUT2D eigenvalue weighted by molar-refractivity contribution is 5.88. The molecule has 0 heterocycles. The van der Waals surface area contributed by atoms with Crippen LogP contribution in [0.1, 0.15) is 176 Å². The number of ether oxygens (including phenoxy) is 5. The van der Waals surface area contributed by atoms with Crippen molar-refractivity contribution in [2.45, 2.75) is 189 Å². The van der Waals surface area contributed by atoms with E-state index < -0.39 is 0 Å². The second-order valence-corrected chi connectivity index (χ2v) is 30.9. The number of carbonyl (C=O) groups excluding carboxylic acids is 5. The fourth-order valence-electron chi connectivity index (χ4n) is 21.6. The summed E-state index contributed by atoms with van der Waals surface area (Å²) in [7, 11) is 0. The molecule has 14 aliphatic carbocycles. The first-order valence-corrected chi connectivity index (χ1v) is 33.4. The lowest BCUT2D eigenvalue weighted by Crippen LogP contribution is -2.34. The van der Waals surface area contributed by atoms with Gasteiger partial charge in [0.25, 0.3) is 0 Å². The standard InChI is InChI=1S/C17H24O2.2C16H24O3.C12H18O2.C11H16O2/c1-9(2)17(18)19-8-13-6-12-7-14(13)16-11-4-3-10(5-11)15(12)16;1-9(2)16(18)19-8-10-3-13-11-5-12(7-17)14(6-11)15(13)4-10;1-9(2)16(18)19-8-12-5-11-6-14(12)15-4-10(7-17)3-13(11)15;1-8(2)11(13)14-10-6-9-4-5-12(10,3)7-9;1-7(2)11(12)13-10-6-8-3-4-9(10)5-8/h10-16H,1,3-8H2,2H3;2*10-15,17H,1,3-8H2,2H3;9-10H,1,4-7H2,2-3H3;8-10H,1,3-6H2,2H3. The first-order chi connectivity index (χ1) is 40.0. The minimum absolute atomic E-state index is 0.144. The summed E-state index contributed by atoms with van der Waals surface area (Å²) in [5, 5.41) is 18.8. The summed E-state index contributed by atoms with van der Waals surface area (Å²) >= 11 is 0. The van der Waals surface area contributed by atoms with Crippen molar-refractivity contribution in [3.63, 3.8) is 0 Å². The number of rotatable bonds is 15. The van der Waals surface area contributed by atoms with Crippen molar-refractivity contribution in [3.05, 3.63) is 60.8 Å². The predicted molar refractivity (Wildman–Crippen MR) is 323 cm³/mol. The molecular formula is C72H106O12. The molecule has 2 N–H and O–H groups in total. The lowest BCUT2D eigenvalue weighted by Gasteiger charge is -2.38. The Hall–Kier alpha value is -4.03. The van der Waals surface area contributed by atoms with E-state index in [1.54, 1.807) is 34.6 Å². The fraction of sp³-hybridized carbons (Fsp3) is 0.792. The topological polar surface area (TPSA) is 172 Å². The van der Waals surface area contributed by atoms with E-state index >= 15 is 0 Å². The van der Waals surface area contributed by atoms with Crippen molar-refractivity contribution in [1.82, 2.24) is 0 Å². The van der Waals surface area contributed by atoms with Crippen LogP contribution in [0.4, 0.5) is 0 Å². The zero-order valence-corrected chi connectivity index (χ0v) is 52.3. The predicted octanol–water partition coefficient (Wildman–Crippen LogP) is 13.2. The van der Waals surface area contributed by atoms with Gasteiger partial charge >= 0.3 is 29.8 Å². The van der Waals surface area contributed by atoms with Gasteiger partial charge in [-0.15, -0.1) is 0 Å². The molecule has 12 bridgehead atoms. The van der Waals surface area contributed by atoms with E-state index in [2.05, 4.69) is 39.8 Å². The molecule has 12 heteroatoms. The summed E-state index contributed by atoms with van der Waals surface area (Å²) < 4.78 is 26.9. The Morgan fingerprint density at radius 1 is 0.405 bits per heavy atom. The molecule has 14 aliphatic rings. The minimum Gasteiger partial charge on any atom is -0.462 e. The second-order valence-electron chi connectivity index (χ2n) is 30.9. The van der Waals surface area contributed by atoms with Crippen molar-refractivity contribution in [2.24, 2.45) is 136 Å². The fourth-order valence-corrected chi connectivity index (χ4v) is 21.6. The van der Waals surface area contributed by atoms with E-state index in [0.717, 1.165) is 108 Å². The summed E-state index contributed by atoms with van der Waals surface area (Å²) in [5.74, 6) is 16.2. The molecule has 466 valence electrons. The maximum Gasteiger partial charge on any atom is 0.333 e. The van der Waals surface area contributed by atoms with Crippen molar-refractivity contribution in [1.29, 1.82) is 0 Å². The Bertz CT molecular complexity index is 2510. The van der Waals surface area contributed by atoms with Crippen LogP contribution in [0.15, 0.2) is 60.8 Å². The van der Waals surface area contributed by atoms with Crippen LogP contribution in [0, 0.1) is 136 Å². The molecular weight excluding hydrogens is 1060 g/mol. The molecule has 25 atom stereocenters. The maximum atomic E-state index is 11.5. The Kier molecular flexibility index (Phi) is 19.8. The molecule has 0 radical (unpaired) electrons. The van der Waals surface area contributed by atoms with Gasteiger partial charge in [0.1, 0.15) is 12.2 Å². The molecule has 0 spiro atoms. The number of hydrogen-bond donors (Lipinski definition) is 2. The molecule has 0 aliphatic heterocycles. The number of hydrogen-bond acceptors (Lipinski definition) is 12. The van der Waals surface area contributed by atoms with Crippen molar-refractivity contribution in [3.8, 4) is 0 Å². The van der Waals surface area contributed by atoms with Crippen molar-refractivity contribution in [2.75, 3.05) is 33.0 Å². The molecule has 0 aromatic rings. The number of aliphatic hydroxyl groups is 2. The monoisotopic (exact) mass is 1160 g/mol. The van der Waals surface area contributed by atoms with E-state index in [0.29, 0.717) is 96.4 Å². The minimum atomic E-state index is -0.256. The molecule has 14 saturated carbocycles. The Labute approximate surface area is 503 Å². The highest BCUT2D eigenvalue weighted by Crippen LogP contribution is 2.69. The average Bonchev–Trinajstić information content (AvgIpc) is 1.71. The number of fused-ring (bicyclic) bond motifs is 23. The van der Waals surface area contributed by atoms with Gasteiger partial charge in [-0.1, -0.05) is 39.8 Å². The highest BCUT2D eigenvalue weighted by atomic mass is 16.6. The molecule has 0 saturated heterocycles. The van der Waals surface area contributed by atoms with Crippen molar-refractivity contribution < 1.29 is 57.9 Å². The van der Waals surface area contributed by atoms with Gasteiger partial charge in [-0.05, 0) is 300 Å². The quantitative estimate of drug-likeness (QED) is 0.0689. The van der Waals surface area contributed by atoms with Crippen LogP contribution in [0.25, 0.3) is 0 Å². The summed E-state index contributed by atoms with van der Waals surface area (Å²) in [4.78, 5) is 57.1. The first kappa shape index (κ1) is 63.0. The largest absolute Gasteiger partial charge is 0.462 e. The maximum absolute atomic E-state index is 11.5. The normalized spacial score (nSPS) is 43.0. The number of aliphatic hydroxyl groups excluding tert-OH is 2. The second kappa shape index (κ2) is 26.4. The van der Waals surface area contributed by atoms with Gasteiger partial charge in [-0.3, -0.25) is 0 Å². The molecule has 0 aromatic heterocycles. The van der Waals surface area contributed by atoms with Crippen LogP contribution in [0.2, 0.25) is 0 Å². The summed E-state index contributed by atoms with van der Waals surface area (Å²) in [5.41, 5.74) is 2.79. The van der Waals surface area contributed by atoms with Gasteiger partial charge in [0.15, 0.2) is 0 Å². The lowest BCUT2D eigenvalue weighted by molar-refractivity contribution is -0.150. The van der Waals surface area contributed by atoms with Gasteiger partial charge in [0.05, 0.1) is 19.8 Å². The van der Waals surface area contributed by atoms with E-state index in [1.807, 2.05) is 0 Å². The van der Waals surface area contributed by atoms with Crippen LogP contribution in [-0.2, 0) is 47.7 Å². The SMILES string of the molecule is C=C(C)C(=O)OC1CC2CCC1(C)C2.C=C(C)C(=O)OC1CC2CCC1C2.C=C(C)C(=O)OCC1CC2C3CC(CO)C(C3)C2C1.C=C(C)C(=O)OCC1CC2CC1C1C3CCC(C3)C21.C=C(C)C(=O)OCC1CC2CC1C1CC(CO)CC21. The number of carbonyl (C=O) groups is 5. The zero-order valence-electron chi connectivity index (χ0n) is 52.3. The van der Waals surface area contributed by atoms with Gasteiger partial charge in [0, 0.05) is 46.5 Å². The number of esters is 5. The van der Waals surface area contributed by atoms with Crippen LogP contribution in [-0.4, -0.2) is 85.3 Å². The highest BCUT2D eigenvalue weighted by Gasteiger charge is 2.63. The van der Waals surface area contributed by atoms with Gasteiger partial charge in [0.2, 0.25) is 0 Å². The van der Waals surface area contributed by atoms with Crippen LogP contribution < -0.4 is 0 Å². The average molecular weight is 1160 g/mol. The Morgan fingerprint density at radius 2 is 0.893 bits per heavy atom. The van der Waals surface area contributed by atoms with Gasteiger partial charge in [-0.25, -0.2) is 24.0 Å². The molecule has 25 unspecified atom stereocenters. The third-order valence-electron chi connectivity index (χ3n) is 25.2. The summed E-state index contributed by atoms with van der Waals surface area (Å²) in [6.07, 6.45) is 27.3. The van der Waals surface area contributed by atoms with Crippen LogP contribution >= 0.6 is 0 Å². The van der Waals surface area contributed by atoms with Crippen LogP contribution in [0.3, 0.4) is 0 Å². The third kappa shape index (κ3) is 13.4. The van der Waals surface area contributed by atoms with E-state index in [-0.39, 0.29) is 47.5 Å². The van der Waals surface area contributed by atoms with E-state index in [9.17, 15) is 34.2 Å². The smallest absolute Gasteiger partial charge is 0.333 e. The summed E-state index contributed by atoms with van der Waals surface area (Å²) in [6, 6.07) is 0. The van der Waals surface area contributed by atoms with Gasteiger partial charge < -0.3 is 33.9 Å². The Balaban J connectivity index is 0.000000118. The third-order valence-corrected chi connectivity index (χ3v) is 25.2. The molecule has 84 heavy (non-hydrogen) atoms. The molecule has 12 nitrogen and oxygen atoms in total. The lowest BCUT2D eigenvalue weighted by atomic mass is 9.68. The Morgan fingerprint density at radius 3 is 1.42 bits per heavy atom. The molecule has 0 aromatic carbocycles. The zero-order chi connectivity index (χ0) is 60.1. The van der Waals surface area contributed by atoms with E-state index in [4.69, 9.17) is 23.7 Å². The van der Waals surface area contributed by atoms with Crippen LogP contribution in [0.5, 0.6) is 0 Å². The molecule has 14 fully saturated rings. The van der Waals surface area contributed by atoms with E-state index in [1.165, 1.54) is 122 Å². The molecule has 14 rings (SSSR count).